The Labute approximate surface area is 145 Å². The van der Waals surface area contributed by atoms with Gasteiger partial charge in [-0.1, -0.05) is 45.0 Å². The molecule has 0 spiro atoms. The molecule has 0 saturated heterocycles. The van der Waals surface area contributed by atoms with E-state index in [0.717, 1.165) is 11.1 Å². The van der Waals surface area contributed by atoms with Crippen LogP contribution in [0.1, 0.15) is 44.7 Å². The average molecular weight is 356 g/mol. The van der Waals surface area contributed by atoms with Crippen LogP contribution in [0, 0.1) is 0 Å². The molecule has 2 rings (SSSR count). The van der Waals surface area contributed by atoms with Crippen LogP contribution in [0.5, 0.6) is 0 Å². The minimum absolute atomic E-state index is 0.00801. The van der Waals surface area contributed by atoms with Crippen molar-refractivity contribution < 1.29 is 22.8 Å². The highest BCUT2D eigenvalue weighted by Gasteiger charge is 2.51. The Morgan fingerprint density at radius 2 is 1.60 bits per heavy atom. The van der Waals surface area contributed by atoms with Crippen molar-refractivity contribution in [1.82, 2.24) is 10.6 Å². The molecule has 1 aliphatic carbocycles. The van der Waals surface area contributed by atoms with E-state index in [1.54, 1.807) is 5.32 Å². The summed E-state index contributed by atoms with van der Waals surface area (Å²) in [5.74, 6) is -1.18. The normalized spacial score (nSPS) is 16.2. The highest BCUT2D eigenvalue weighted by molar-refractivity contribution is 5.93. The van der Waals surface area contributed by atoms with Gasteiger partial charge in [0.2, 0.25) is 11.8 Å². The summed E-state index contributed by atoms with van der Waals surface area (Å²) in [5, 5.41) is 4.18. The van der Waals surface area contributed by atoms with Gasteiger partial charge in [0.05, 0.1) is 12.0 Å². The van der Waals surface area contributed by atoms with E-state index in [0.29, 0.717) is 12.8 Å². The first-order valence-electron chi connectivity index (χ1n) is 8.17. The molecule has 0 aliphatic heterocycles. The molecular formula is C18H23F3N2O2. The van der Waals surface area contributed by atoms with Gasteiger partial charge in [-0.15, -0.1) is 0 Å². The maximum absolute atomic E-state index is 12.4. The lowest BCUT2D eigenvalue weighted by Crippen LogP contribution is -2.43. The molecule has 0 aromatic heterocycles. The Bertz CT molecular complexity index is 642. The van der Waals surface area contributed by atoms with Crippen LogP contribution in [0.15, 0.2) is 24.3 Å². The van der Waals surface area contributed by atoms with Crippen molar-refractivity contribution >= 4 is 11.8 Å². The number of alkyl halides is 3. The number of nitrogens with one attached hydrogen (secondary N) is 2. The van der Waals surface area contributed by atoms with Crippen LogP contribution < -0.4 is 10.6 Å². The highest BCUT2D eigenvalue weighted by atomic mass is 19.4. The topological polar surface area (TPSA) is 58.2 Å². The van der Waals surface area contributed by atoms with Crippen LogP contribution in [-0.4, -0.2) is 31.1 Å². The maximum Gasteiger partial charge on any atom is 0.405 e. The van der Waals surface area contributed by atoms with Gasteiger partial charge in [-0.25, -0.2) is 0 Å². The molecule has 1 aliphatic rings. The van der Waals surface area contributed by atoms with Crippen LogP contribution >= 0.6 is 0 Å². The van der Waals surface area contributed by atoms with Crippen LogP contribution in [0.25, 0.3) is 0 Å². The van der Waals surface area contributed by atoms with Crippen LogP contribution in [0.4, 0.5) is 13.2 Å². The van der Waals surface area contributed by atoms with Crippen molar-refractivity contribution in [2.24, 2.45) is 0 Å². The number of carbonyl (C=O) groups is 2. The summed E-state index contributed by atoms with van der Waals surface area (Å²) in [6, 6.07) is 7.80. The molecule has 1 saturated carbocycles. The zero-order valence-electron chi connectivity index (χ0n) is 14.6. The van der Waals surface area contributed by atoms with E-state index in [9.17, 15) is 22.8 Å². The molecule has 25 heavy (non-hydrogen) atoms. The number of carbonyl (C=O) groups excluding carboxylic acids is 2. The Morgan fingerprint density at radius 1 is 1.04 bits per heavy atom. The Hall–Kier alpha value is -2.05. The van der Waals surface area contributed by atoms with Gasteiger partial charge in [0.1, 0.15) is 6.54 Å². The van der Waals surface area contributed by atoms with E-state index in [4.69, 9.17) is 0 Å². The van der Waals surface area contributed by atoms with Gasteiger partial charge in [0.25, 0.3) is 0 Å². The van der Waals surface area contributed by atoms with Gasteiger partial charge in [0, 0.05) is 0 Å². The van der Waals surface area contributed by atoms with Crippen molar-refractivity contribution in [3.63, 3.8) is 0 Å². The van der Waals surface area contributed by atoms with Crippen molar-refractivity contribution in [3.05, 3.63) is 35.4 Å². The summed E-state index contributed by atoms with van der Waals surface area (Å²) in [6.07, 6.45) is -3.14. The first-order valence-corrected chi connectivity index (χ1v) is 8.17. The minimum Gasteiger partial charge on any atom is -0.346 e. The molecule has 2 N–H and O–H groups in total. The quantitative estimate of drug-likeness (QED) is 0.852. The lowest BCUT2D eigenvalue weighted by atomic mass is 9.85. The maximum atomic E-state index is 12.4. The molecule has 0 heterocycles. The second-order valence-electron chi connectivity index (χ2n) is 7.48. The molecule has 2 amide bonds. The van der Waals surface area contributed by atoms with E-state index in [2.05, 4.69) is 26.1 Å². The lowest BCUT2D eigenvalue weighted by Gasteiger charge is -2.21. The van der Waals surface area contributed by atoms with Crippen LogP contribution in [-0.2, 0) is 20.4 Å². The molecule has 0 bridgehead atoms. The lowest BCUT2D eigenvalue weighted by molar-refractivity contribution is -0.138. The minimum atomic E-state index is -4.47. The second-order valence-corrected chi connectivity index (χ2v) is 7.48. The van der Waals surface area contributed by atoms with Gasteiger partial charge < -0.3 is 10.6 Å². The molecule has 1 aromatic carbocycles. The van der Waals surface area contributed by atoms with E-state index in [-0.39, 0.29) is 11.3 Å². The Morgan fingerprint density at radius 3 is 2.04 bits per heavy atom. The summed E-state index contributed by atoms with van der Waals surface area (Å²) >= 11 is 0. The molecule has 1 aromatic rings. The van der Waals surface area contributed by atoms with Crippen LogP contribution in [0.2, 0.25) is 0 Å². The van der Waals surface area contributed by atoms with Crippen molar-refractivity contribution in [1.29, 1.82) is 0 Å². The number of hydrogen-bond acceptors (Lipinski definition) is 2. The zero-order chi connectivity index (χ0) is 18.9. The number of halogens is 3. The summed E-state index contributed by atoms with van der Waals surface area (Å²) in [7, 11) is 0. The molecular weight excluding hydrogens is 333 g/mol. The number of rotatable bonds is 5. The van der Waals surface area contributed by atoms with Crippen LogP contribution in [0.3, 0.4) is 0 Å². The average Bonchev–Trinajstić information content (AvgIpc) is 3.31. The molecule has 0 radical (unpaired) electrons. The number of benzene rings is 1. The third kappa shape index (κ3) is 4.96. The fourth-order valence-electron chi connectivity index (χ4n) is 2.65. The fourth-order valence-corrected chi connectivity index (χ4v) is 2.65. The second kappa shape index (κ2) is 6.69. The molecule has 4 nitrogen and oxygen atoms in total. The monoisotopic (exact) mass is 356 g/mol. The standard InChI is InChI=1S/C18H23F3N2O2/c1-16(2,3)12-4-6-13(7-5-12)17(8-9-17)15(25)22-10-14(24)23-11-18(19,20)21/h4-7H,8-11H2,1-3H3,(H,22,25)(H,23,24). The zero-order valence-corrected chi connectivity index (χ0v) is 14.6. The fraction of sp³-hybridized carbons (Fsp3) is 0.556. The van der Waals surface area contributed by atoms with Gasteiger partial charge in [-0.3, -0.25) is 9.59 Å². The summed E-state index contributed by atoms with van der Waals surface area (Å²) < 4.78 is 36.1. The van der Waals surface area contributed by atoms with Gasteiger partial charge >= 0.3 is 6.18 Å². The highest BCUT2D eigenvalue weighted by Crippen LogP contribution is 2.48. The van der Waals surface area contributed by atoms with E-state index >= 15 is 0 Å². The molecule has 0 unspecified atom stereocenters. The van der Waals surface area contributed by atoms with Crippen molar-refractivity contribution in [3.8, 4) is 0 Å². The van der Waals surface area contributed by atoms with Crippen molar-refractivity contribution in [2.45, 2.75) is 50.6 Å². The van der Waals surface area contributed by atoms with Crippen molar-refractivity contribution in [2.75, 3.05) is 13.1 Å². The number of hydrogen-bond donors (Lipinski definition) is 2. The summed E-state index contributed by atoms with van der Waals surface area (Å²) in [4.78, 5) is 23.8. The Balaban J connectivity index is 1.94. The first kappa shape index (κ1) is 19.3. The largest absolute Gasteiger partial charge is 0.405 e. The molecule has 138 valence electrons. The van der Waals surface area contributed by atoms with E-state index in [1.165, 1.54) is 0 Å². The van der Waals surface area contributed by atoms with Gasteiger partial charge in [-0.05, 0) is 29.4 Å². The third-order valence-electron chi connectivity index (χ3n) is 4.38. The van der Waals surface area contributed by atoms with E-state index < -0.39 is 30.6 Å². The molecule has 1 fully saturated rings. The molecule has 7 heteroatoms. The SMILES string of the molecule is CC(C)(C)c1ccc(C2(C(=O)NCC(=O)NCC(F)(F)F)CC2)cc1. The summed E-state index contributed by atoms with van der Waals surface area (Å²) in [5.41, 5.74) is 1.36. The Kier molecular flexibility index (Phi) is 5.16. The summed E-state index contributed by atoms with van der Waals surface area (Å²) in [6.45, 7) is 4.43. The number of amides is 2. The predicted octanol–water partition coefficient (Wildman–Crippen LogP) is 2.81. The van der Waals surface area contributed by atoms with E-state index in [1.807, 2.05) is 24.3 Å². The predicted molar refractivity (Wildman–Crippen MR) is 88.1 cm³/mol. The third-order valence-corrected chi connectivity index (χ3v) is 4.38. The smallest absolute Gasteiger partial charge is 0.346 e. The molecule has 0 atom stereocenters. The van der Waals surface area contributed by atoms with Gasteiger partial charge in [0.15, 0.2) is 0 Å². The first-order chi connectivity index (χ1) is 11.4. The van der Waals surface area contributed by atoms with Gasteiger partial charge in [-0.2, -0.15) is 13.2 Å².